The Morgan fingerprint density at radius 2 is 1.90 bits per heavy atom. The molecular formula is C26H41N7O7. The molecular weight excluding hydrogens is 522 g/mol. The van der Waals surface area contributed by atoms with Crippen molar-refractivity contribution in [3.05, 3.63) is 11.3 Å². The van der Waals surface area contributed by atoms with Crippen molar-refractivity contribution in [1.29, 1.82) is 5.26 Å². The molecule has 2 fully saturated rings. The van der Waals surface area contributed by atoms with Crippen LogP contribution in [0.2, 0.25) is 0 Å². The molecule has 4 N–H and O–H groups in total. The van der Waals surface area contributed by atoms with E-state index in [1.165, 1.54) is 4.90 Å². The summed E-state index contributed by atoms with van der Waals surface area (Å²) in [5.41, 5.74) is 1.96. The fourth-order valence-electron chi connectivity index (χ4n) is 5.31. The highest BCUT2D eigenvalue weighted by Gasteiger charge is 2.33. The number of carbonyl (C=O) groups is 1. The highest BCUT2D eigenvalue weighted by atomic mass is 16.5. The number of nitrogens with one attached hydrogen (secondary N) is 2. The Balaban J connectivity index is 1.26. The Morgan fingerprint density at radius 3 is 2.67 bits per heavy atom. The quantitative estimate of drug-likeness (QED) is 0.203. The van der Waals surface area contributed by atoms with Crippen LogP contribution in [-0.4, -0.2) is 129 Å². The van der Waals surface area contributed by atoms with Crippen molar-refractivity contribution in [2.75, 3.05) is 90.5 Å². The second-order valence-corrected chi connectivity index (χ2v) is 10.2. The molecule has 3 aliphatic rings. The van der Waals surface area contributed by atoms with E-state index in [1.54, 1.807) is 0 Å². The van der Waals surface area contributed by atoms with E-state index < -0.39 is 12.1 Å². The van der Waals surface area contributed by atoms with Crippen LogP contribution in [-0.2, 0) is 27.2 Å². The van der Waals surface area contributed by atoms with Gasteiger partial charge in [0, 0.05) is 44.3 Å². The van der Waals surface area contributed by atoms with E-state index in [-0.39, 0.29) is 19.1 Å². The molecule has 40 heavy (non-hydrogen) atoms. The van der Waals surface area contributed by atoms with Crippen LogP contribution in [0.4, 0.5) is 10.6 Å². The van der Waals surface area contributed by atoms with Gasteiger partial charge in [-0.2, -0.15) is 15.2 Å². The highest BCUT2D eigenvalue weighted by Crippen LogP contribution is 2.29. The van der Waals surface area contributed by atoms with Crippen molar-refractivity contribution in [2.45, 2.75) is 37.9 Å². The largest absolute Gasteiger partial charge is 0.465 e. The molecule has 4 heterocycles. The van der Waals surface area contributed by atoms with Crippen molar-refractivity contribution in [3.8, 4) is 12.1 Å². The van der Waals surface area contributed by atoms with Crippen LogP contribution in [0.15, 0.2) is 0 Å². The Kier molecular flexibility index (Phi) is 12.0. The third-order valence-electron chi connectivity index (χ3n) is 7.31. The number of aromatic nitrogens is 2. The second kappa shape index (κ2) is 15.8. The first-order chi connectivity index (χ1) is 19.6. The lowest BCUT2D eigenvalue weighted by Gasteiger charge is -2.40. The molecule has 0 spiro atoms. The fourth-order valence-corrected chi connectivity index (χ4v) is 5.31. The summed E-state index contributed by atoms with van der Waals surface area (Å²) in [6, 6.07) is 2.19. The number of amides is 1. The van der Waals surface area contributed by atoms with E-state index >= 15 is 0 Å². The minimum absolute atomic E-state index is 0.0156. The number of fused-ring (bicyclic) bond motifs is 1. The van der Waals surface area contributed by atoms with Crippen LogP contribution in [0.1, 0.15) is 24.1 Å². The number of anilines is 1. The number of ether oxygens (including phenoxy) is 4. The number of aliphatic hydroxyl groups excluding tert-OH is 1. The minimum Gasteiger partial charge on any atom is -0.465 e. The normalized spacial score (nSPS) is 22.6. The first-order valence-electron chi connectivity index (χ1n) is 14.0. The molecule has 3 aliphatic heterocycles. The van der Waals surface area contributed by atoms with E-state index in [0.717, 1.165) is 43.0 Å². The van der Waals surface area contributed by atoms with Crippen molar-refractivity contribution in [2.24, 2.45) is 5.92 Å². The van der Waals surface area contributed by atoms with Gasteiger partial charge in [0.1, 0.15) is 12.4 Å². The SMILES string of the molecule is N#CC[C@H]1CN(c2nc(OC[C@@H]3C[C@@H](COCCOCCOCCO)CN3)nc3c2CCNC3)CCN1C(=O)O. The fraction of sp³-hybridized carbons (Fsp3) is 0.769. The molecule has 1 aromatic heterocycles. The topological polar surface area (TPSA) is 175 Å². The summed E-state index contributed by atoms with van der Waals surface area (Å²) in [7, 11) is 0. The van der Waals surface area contributed by atoms with Crippen LogP contribution in [0.25, 0.3) is 0 Å². The van der Waals surface area contributed by atoms with Gasteiger partial charge in [-0.1, -0.05) is 0 Å². The van der Waals surface area contributed by atoms with Gasteiger partial charge in [0.15, 0.2) is 0 Å². The zero-order valence-corrected chi connectivity index (χ0v) is 22.9. The van der Waals surface area contributed by atoms with E-state index in [2.05, 4.69) is 26.6 Å². The third-order valence-corrected chi connectivity index (χ3v) is 7.31. The second-order valence-electron chi connectivity index (χ2n) is 10.2. The average molecular weight is 564 g/mol. The minimum atomic E-state index is -1.00. The standard InChI is InChI=1S/C26H41N7O7/c27-3-1-21-16-32(5-6-33(21)26(35)36)24-22-2-4-28-15-23(22)30-25(31-24)40-18-20-13-19(14-29-20)17-39-12-11-38-10-9-37-8-7-34/h19-21,28-29,34H,1-2,4-18H2,(H,35,36)/t19-,20+,21+/m1/s1. The summed E-state index contributed by atoms with van der Waals surface area (Å²) in [6.45, 7) is 6.90. The Labute approximate surface area is 234 Å². The third kappa shape index (κ3) is 8.60. The van der Waals surface area contributed by atoms with Crippen molar-refractivity contribution in [3.63, 3.8) is 0 Å². The van der Waals surface area contributed by atoms with Gasteiger partial charge in [0.25, 0.3) is 0 Å². The first kappa shape index (κ1) is 30.2. The van der Waals surface area contributed by atoms with E-state index in [0.29, 0.717) is 84.4 Å². The molecule has 0 saturated carbocycles. The molecule has 4 rings (SSSR count). The Morgan fingerprint density at radius 1 is 1.10 bits per heavy atom. The number of hydrogen-bond donors (Lipinski definition) is 4. The maximum atomic E-state index is 11.7. The predicted molar refractivity (Wildman–Crippen MR) is 143 cm³/mol. The summed E-state index contributed by atoms with van der Waals surface area (Å²) >= 11 is 0. The Hall–Kier alpha value is -2.80. The molecule has 0 bridgehead atoms. The van der Waals surface area contributed by atoms with Gasteiger partial charge >= 0.3 is 12.1 Å². The summed E-state index contributed by atoms with van der Waals surface area (Å²) in [6.07, 6.45) is 0.829. The molecule has 0 aromatic carbocycles. The average Bonchev–Trinajstić information content (AvgIpc) is 3.42. The Bertz CT molecular complexity index is 995. The highest BCUT2D eigenvalue weighted by molar-refractivity contribution is 5.66. The molecule has 222 valence electrons. The van der Waals surface area contributed by atoms with E-state index in [9.17, 15) is 15.2 Å². The van der Waals surface area contributed by atoms with Gasteiger partial charge in [-0.3, -0.25) is 0 Å². The van der Waals surface area contributed by atoms with Crippen molar-refractivity contribution >= 4 is 11.9 Å². The lowest BCUT2D eigenvalue weighted by molar-refractivity contribution is 0.00271. The van der Waals surface area contributed by atoms with E-state index in [4.69, 9.17) is 29.0 Å². The molecule has 1 amide bonds. The number of rotatable bonds is 15. The summed E-state index contributed by atoms with van der Waals surface area (Å²) < 4.78 is 22.4. The van der Waals surface area contributed by atoms with Crippen molar-refractivity contribution < 1.29 is 34.0 Å². The number of piperazine rings is 1. The number of nitrogens with zero attached hydrogens (tertiary/aromatic N) is 5. The molecule has 1 aromatic rings. The molecule has 2 saturated heterocycles. The number of hydrogen-bond acceptors (Lipinski definition) is 12. The van der Waals surface area contributed by atoms with Gasteiger partial charge in [-0.05, 0) is 25.3 Å². The number of nitriles is 1. The van der Waals surface area contributed by atoms with Gasteiger partial charge in [-0.25, -0.2) is 4.79 Å². The first-order valence-corrected chi connectivity index (χ1v) is 14.0. The molecule has 14 nitrogen and oxygen atoms in total. The van der Waals surface area contributed by atoms with Gasteiger partial charge < -0.3 is 49.6 Å². The zero-order chi connectivity index (χ0) is 28.2. The van der Waals surface area contributed by atoms with Crippen LogP contribution in [0, 0.1) is 17.2 Å². The molecule has 3 atom stereocenters. The van der Waals surface area contributed by atoms with E-state index in [1.807, 2.05) is 0 Å². The zero-order valence-electron chi connectivity index (χ0n) is 22.9. The summed E-state index contributed by atoms with van der Waals surface area (Å²) in [5, 5.41) is 34.3. The maximum Gasteiger partial charge on any atom is 0.407 e. The maximum absolute atomic E-state index is 11.7. The van der Waals surface area contributed by atoms with Crippen LogP contribution in [0.3, 0.4) is 0 Å². The van der Waals surface area contributed by atoms with Crippen LogP contribution >= 0.6 is 0 Å². The smallest absolute Gasteiger partial charge is 0.407 e. The lowest BCUT2D eigenvalue weighted by atomic mass is 10.0. The summed E-state index contributed by atoms with van der Waals surface area (Å²) in [4.78, 5) is 24.5. The van der Waals surface area contributed by atoms with Crippen LogP contribution in [0.5, 0.6) is 6.01 Å². The van der Waals surface area contributed by atoms with Gasteiger partial charge in [-0.15, -0.1) is 0 Å². The molecule has 14 heteroatoms. The summed E-state index contributed by atoms with van der Waals surface area (Å²) in [5.74, 6) is 1.16. The molecule has 0 aliphatic carbocycles. The molecule has 0 unspecified atom stereocenters. The lowest BCUT2D eigenvalue weighted by Crippen LogP contribution is -2.55. The predicted octanol–water partition coefficient (Wildman–Crippen LogP) is -0.396. The van der Waals surface area contributed by atoms with Crippen molar-refractivity contribution in [1.82, 2.24) is 25.5 Å². The molecule has 0 radical (unpaired) electrons. The number of aliphatic hydroxyl groups is 1. The van der Waals surface area contributed by atoms with Gasteiger partial charge in [0.05, 0.1) is 70.5 Å². The van der Waals surface area contributed by atoms with Crippen LogP contribution < -0.4 is 20.3 Å². The monoisotopic (exact) mass is 563 g/mol. The number of carboxylic acid groups (broad SMARTS) is 1. The van der Waals surface area contributed by atoms with Gasteiger partial charge in [0.2, 0.25) is 0 Å².